The summed E-state index contributed by atoms with van der Waals surface area (Å²) in [6, 6.07) is 10.3. The minimum absolute atomic E-state index is 0.508. The van der Waals surface area contributed by atoms with Crippen molar-refractivity contribution in [1.82, 2.24) is 0 Å². The number of thiol groups is 1. The van der Waals surface area contributed by atoms with Crippen LogP contribution in [-0.4, -0.2) is 0 Å². The van der Waals surface area contributed by atoms with Crippen LogP contribution in [0.3, 0.4) is 0 Å². The number of allylic oxidation sites excluding steroid dienone is 1. The SMILES string of the molecule is CC(C)C(S)=Cc1ccccc1. The van der Waals surface area contributed by atoms with Crippen molar-refractivity contribution in [2.24, 2.45) is 5.92 Å². The smallest absolute Gasteiger partial charge is 0.0153 e. The van der Waals surface area contributed by atoms with E-state index in [1.54, 1.807) is 0 Å². The van der Waals surface area contributed by atoms with Gasteiger partial charge in [0.15, 0.2) is 0 Å². The first-order valence-corrected chi connectivity index (χ1v) is 4.60. The third-order valence-electron chi connectivity index (χ3n) is 1.71. The topological polar surface area (TPSA) is 0 Å². The second kappa shape index (κ2) is 4.36. The molecule has 1 heteroatoms. The molecule has 0 radical (unpaired) electrons. The lowest BCUT2D eigenvalue weighted by atomic mass is 10.1. The molecule has 12 heavy (non-hydrogen) atoms. The molecule has 0 aromatic heterocycles. The van der Waals surface area contributed by atoms with Crippen LogP contribution >= 0.6 is 12.6 Å². The van der Waals surface area contributed by atoms with Gasteiger partial charge in [0.1, 0.15) is 0 Å². The molecule has 1 aromatic rings. The van der Waals surface area contributed by atoms with Crippen LogP contribution < -0.4 is 0 Å². The maximum Gasteiger partial charge on any atom is -0.0153 e. The summed E-state index contributed by atoms with van der Waals surface area (Å²) in [6.07, 6.45) is 2.10. The van der Waals surface area contributed by atoms with Crippen molar-refractivity contribution < 1.29 is 0 Å². The highest BCUT2D eigenvalue weighted by atomic mass is 32.1. The molecule has 0 nitrogen and oxygen atoms in total. The molecule has 0 unspecified atom stereocenters. The lowest BCUT2D eigenvalue weighted by Crippen LogP contribution is -1.85. The Kier molecular flexibility index (Phi) is 3.42. The molecule has 0 aliphatic carbocycles. The molecule has 0 bridgehead atoms. The quantitative estimate of drug-likeness (QED) is 0.657. The van der Waals surface area contributed by atoms with Crippen molar-refractivity contribution >= 4 is 18.7 Å². The van der Waals surface area contributed by atoms with E-state index >= 15 is 0 Å². The van der Waals surface area contributed by atoms with Crippen LogP contribution in [0.15, 0.2) is 35.2 Å². The Hall–Kier alpha value is -0.690. The zero-order valence-corrected chi connectivity index (χ0v) is 8.38. The van der Waals surface area contributed by atoms with Gasteiger partial charge >= 0.3 is 0 Å². The van der Waals surface area contributed by atoms with Gasteiger partial charge in [-0.15, -0.1) is 12.6 Å². The summed E-state index contributed by atoms with van der Waals surface area (Å²) in [5.41, 5.74) is 1.22. The predicted molar refractivity (Wildman–Crippen MR) is 58.2 cm³/mol. The average Bonchev–Trinajstić information content (AvgIpc) is 2.06. The van der Waals surface area contributed by atoms with Gasteiger partial charge in [-0.3, -0.25) is 0 Å². The Morgan fingerprint density at radius 3 is 2.33 bits per heavy atom. The van der Waals surface area contributed by atoms with E-state index in [0.29, 0.717) is 5.92 Å². The molecule has 1 rings (SSSR count). The third kappa shape index (κ3) is 2.74. The van der Waals surface area contributed by atoms with Crippen molar-refractivity contribution in [1.29, 1.82) is 0 Å². The molecule has 0 N–H and O–H groups in total. The van der Waals surface area contributed by atoms with E-state index in [1.165, 1.54) is 5.56 Å². The normalized spacial score (nSPS) is 12.2. The first-order valence-electron chi connectivity index (χ1n) is 4.16. The standard InChI is InChI=1S/C11H14S/c1-9(2)11(12)8-10-6-4-3-5-7-10/h3-9,12H,1-2H3. The van der Waals surface area contributed by atoms with E-state index in [4.69, 9.17) is 0 Å². The number of hydrogen-bond acceptors (Lipinski definition) is 1. The van der Waals surface area contributed by atoms with Gasteiger partial charge in [-0.25, -0.2) is 0 Å². The van der Waals surface area contributed by atoms with E-state index in [0.717, 1.165) is 4.91 Å². The highest BCUT2D eigenvalue weighted by Crippen LogP contribution is 2.17. The molecule has 0 fully saturated rings. The van der Waals surface area contributed by atoms with Gasteiger partial charge in [-0.05, 0) is 22.5 Å². The summed E-state index contributed by atoms with van der Waals surface area (Å²) in [7, 11) is 0. The van der Waals surface area contributed by atoms with Crippen molar-refractivity contribution in [3.63, 3.8) is 0 Å². The second-order valence-electron chi connectivity index (χ2n) is 3.13. The molecule has 0 saturated heterocycles. The first-order chi connectivity index (χ1) is 5.70. The second-order valence-corrected chi connectivity index (χ2v) is 3.65. The Balaban J connectivity index is 2.81. The zero-order valence-electron chi connectivity index (χ0n) is 7.49. The van der Waals surface area contributed by atoms with Crippen molar-refractivity contribution in [2.45, 2.75) is 13.8 Å². The van der Waals surface area contributed by atoms with Crippen LogP contribution in [0.1, 0.15) is 19.4 Å². The molecular formula is C11H14S. The van der Waals surface area contributed by atoms with Gasteiger partial charge in [0.25, 0.3) is 0 Å². The highest BCUT2D eigenvalue weighted by Gasteiger charge is 1.96. The molecule has 64 valence electrons. The van der Waals surface area contributed by atoms with Gasteiger partial charge in [0.05, 0.1) is 0 Å². The maximum atomic E-state index is 4.40. The van der Waals surface area contributed by atoms with Gasteiger partial charge in [0.2, 0.25) is 0 Å². The Morgan fingerprint density at radius 1 is 1.25 bits per heavy atom. The van der Waals surface area contributed by atoms with Crippen LogP contribution in [0, 0.1) is 5.92 Å². The maximum absolute atomic E-state index is 4.40. The number of benzene rings is 1. The highest BCUT2D eigenvalue weighted by molar-refractivity contribution is 7.84. The van der Waals surface area contributed by atoms with Gasteiger partial charge in [0, 0.05) is 0 Å². The predicted octanol–water partition coefficient (Wildman–Crippen LogP) is 3.61. The van der Waals surface area contributed by atoms with E-state index in [1.807, 2.05) is 18.2 Å². The van der Waals surface area contributed by atoms with E-state index in [9.17, 15) is 0 Å². The molecule has 0 saturated carbocycles. The van der Waals surface area contributed by atoms with Crippen LogP contribution in [0.2, 0.25) is 0 Å². The average molecular weight is 178 g/mol. The van der Waals surface area contributed by atoms with Gasteiger partial charge in [-0.2, -0.15) is 0 Å². The minimum atomic E-state index is 0.508. The van der Waals surface area contributed by atoms with Crippen molar-refractivity contribution in [2.75, 3.05) is 0 Å². The minimum Gasteiger partial charge on any atom is -0.148 e. The molecule has 0 aliphatic rings. The van der Waals surface area contributed by atoms with Crippen molar-refractivity contribution in [3.05, 3.63) is 40.8 Å². The van der Waals surface area contributed by atoms with Gasteiger partial charge < -0.3 is 0 Å². The molecule has 0 spiro atoms. The summed E-state index contributed by atoms with van der Waals surface area (Å²) in [5, 5.41) is 0. The van der Waals surface area contributed by atoms with E-state index in [-0.39, 0.29) is 0 Å². The third-order valence-corrected chi connectivity index (χ3v) is 2.35. The lowest BCUT2D eigenvalue weighted by molar-refractivity contribution is 0.823. The molecule has 0 aliphatic heterocycles. The molecule has 0 atom stereocenters. The van der Waals surface area contributed by atoms with Crippen LogP contribution in [0.5, 0.6) is 0 Å². The summed E-state index contributed by atoms with van der Waals surface area (Å²) < 4.78 is 0. The summed E-state index contributed by atoms with van der Waals surface area (Å²) >= 11 is 4.40. The lowest BCUT2D eigenvalue weighted by Gasteiger charge is -2.03. The summed E-state index contributed by atoms with van der Waals surface area (Å²) in [6.45, 7) is 4.28. The van der Waals surface area contributed by atoms with Crippen LogP contribution in [-0.2, 0) is 0 Å². The largest absolute Gasteiger partial charge is 0.148 e. The van der Waals surface area contributed by atoms with Crippen LogP contribution in [0.4, 0.5) is 0 Å². The van der Waals surface area contributed by atoms with Crippen molar-refractivity contribution in [3.8, 4) is 0 Å². The monoisotopic (exact) mass is 178 g/mol. The van der Waals surface area contributed by atoms with Gasteiger partial charge in [-0.1, -0.05) is 44.2 Å². The molecule has 0 amide bonds. The Bertz CT molecular complexity index is 260. The van der Waals surface area contributed by atoms with E-state index < -0.39 is 0 Å². The fraction of sp³-hybridized carbons (Fsp3) is 0.273. The van der Waals surface area contributed by atoms with Crippen LogP contribution in [0.25, 0.3) is 6.08 Å². The summed E-state index contributed by atoms with van der Waals surface area (Å²) in [5.74, 6) is 0.508. The summed E-state index contributed by atoms with van der Waals surface area (Å²) in [4.78, 5) is 1.13. The Labute approximate surface area is 79.7 Å². The number of rotatable bonds is 2. The zero-order chi connectivity index (χ0) is 8.97. The molecule has 0 heterocycles. The molecule has 1 aromatic carbocycles. The first kappa shape index (κ1) is 9.40. The molecular weight excluding hydrogens is 164 g/mol. The number of hydrogen-bond donors (Lipinski definition) is 1. The van der Waals surface area contributed by atoms with E-state index in [2.05, 4.69) is 44.7 Å². The fourth-order valence-corrected chi connectivity index (χ4v) is 1.04. The fourth-order valence-electron chi connectivity index (χ4n) is 0.887. The Morgan fingerprint density at radius 2 is 1.83 bits per heavy atom.